The highest BCUT2D eigenvalue weighted by Crippen LogP contribution is 2.30. The number of rotatable bonds is 2. The van der Waals surface area contributed by atoms with E-state index in [4.69, 9.17) is 5.73 Å². The fourth-order valence-electron chi connectivity index (χ4n) is 0.869. The van der Waals surface area contributed by atoms with Gasteiger partial charge < -0.3 is 16.4 Å². The van der Waals surface area contributed by atoms with E-state index < -0.39 is 6.03 Å². The maximum absolute atomic E-state index is 11.3. The molecule has 1 heterocycles. The summed E-state index contributed by atoms with van der Waals surface area (Å²) in [5.74, 6) is -0.260. The number of nitrogens with one attached hydrogen (secondary N) is 2. The Bertz CT molecular complexity index is 377. The van der Waals surface area contributed by atoms with E-state index in [9.17, 15) is 9.59 Å². The van der Waals surface area contributed by atoms with E-state index in [1.165, 1.54) is 18.4 Å². The second-order valence-electron chi connectivity index (χ2n) is 2.36. The number of anilines is 1. The van der Waals surface area contributed by atoms with Gasteiger partial charge in [0.25, 0.3) is 5.91 Å². The molecule has 0 saturated heterocycles. The van der Waals surface area contributed by atoms with Crippen LogP contribution < -0.4 is 16.4 Å². The highest BCUT2D eigenvalue weighted by Gasteiger charge is 2.15. The summed E-state index contributed by atoms with van der Waals surface area (Å²) in [5.41, 5.74) is 5.36. The second kappa shape index (κ2) is 4.43. The summed E-state index contributed by atoms with van der Waals surface area (Å²) in [6.07, 6.45) is 0. The van der Waals surface area contributed by atoms with Gasteiger partial charge in [-0.05, 0) is 22.0 Å². The molecule has 3 amide bonds. The van der Waals surface area contributed by atoms with Crippen molar-refractivity contribution in [3.8, 4) is 0 Å². The van der Waals surface area contributed by atoms with Crippen molar-refractivity contribution in [1.29, 1.82) is 0 Å². The van der Waals surface area contributed by atoms with Gasteiger partial charge in [0.2, 0.25) is 0 Å². The van der Waals surface area contributed by atoms with Crippen molar-refractivity contribution >= 4 is 44.9 Å². The molecule has 0 radical (unpaired) electrons. The van der Waals surface area contributed by atoms with Crippen molar-refractivity contribution in [2.45, 2.75) is 0 Å². The van der Waals surface area contributed by atoms with Crippen LogP contribution in [0.4, 0.5) is 10.5 Å². The number of amides is 3. The van der Waals surface area contributed by atoms with Gasteiger partial charge in [-0.2, -0.15) is 0 Å². The van der Waals surface area contributed by atoms with Crippen LogP contribution in [0.3, 0.4) is 0 Å². The standard InChI is InChI=1S/C7H8BrN3O2S/c1-10-6(12)5-3(11-7(9)13)2-4(8)14-5/h2H,1H3,(H,10,12)(H3,9,11,13). The minimum Gasteiger partial charge on any atom is -0.354 e. The maximum atomic E-state index is 11.3. The van der Waals surface area contributed by atoms with Crippen LogP contribution in [0.1, 0.15) is 9.67 Å². The maximum Gasteiger partial charge on any atom is 0.316 e. The molecule has 1 aromatic rings. The lowest BCUT2D eigenvalue weighted by atomic mass is 10.3. The van der Waals surface area contributed by atoms with Gasteiger partial charge in [-0.15, -0.1) is 11.3 Å². The molecule has 14 heavy (non-hydrogen) atoms. The van der Waals surface area contributed by atoms with Gasteiger partial charge in [0.05, 0.1) is 9.47 Å². The van der Waals surface area contributed by atoms with Crippen molar-refractivity contribution in [3.05, 3.63) is 14.7 Å². The molecule has 0 bridgehead atoms. The number of hydrogen-bond donors (Lipinski definition) is 3. The summed E-state index contributed by atoms with van der Waals surface area (Å²) >= 11 is 4.44. The van der Waals surface area contributed by atoms with E-state index >= 15 is 0 Å². The summed E-state index contributed by atoms with van der Waals surface area (Å²) in [5, 5.41) is 4.83. The Hall–Kier alpha value is -1.08. The molecule has 4 N–H and O–H groups in total. The zero-order valence-electron chi connectivity index (χ0n) is 7.26. The molecule has 0 saturated carbocycles. The second-order valence-corrected chi connectivity index (χ2v) is 4.79. The van der Waals surface area contributed by atoms with Crippen molar-refractivity contribution < 1.29 is 9.59 Å². The Morgan fingerprint density at radius 2 is 2.21 bits per heavy atom. The molecule has 0 aliphatic carbocycles. The SMILES string of the molecule is CNC(=O)c1sc(Br)cc1NC(N)=O. The first-order valence-corrected chi connectivity index (χ1v) is 5.23. The molecule has 1 aromatic heterocycles. The molecule has 76 valence electrons. The normalized spacial score (nSPS) is 9.57. The summed E-state index contributed by atoms with van der Waals surface area (Å²) in [4.78, 5) is 22.3. The summed E-state index contributed by atoms with van der Waals surface area (Å²) in [6.45, 7) is 0. The number of urea groups is 1. The summed E-state index contributed by atoms with van der Waals surface area (Å²) < 4.78 is 0.750. The van der Waals surface area contributed by atoms with Gasteiger partial charge >= 0.3 is 6.03 Å². The van der Waals surface area contributed by atoms with Gasteiger partial charge in [-0.3, -0.25) is 4.79 Å². The van der Waals surface area contributed by atoms with Crippen LogP contribution >= 0.6 is 27.3 Å². The molecular weight excluding hydrogens is 270 g/mol. The minimum atomic E-state index is -0.694. The van der Waals surface area contributed by atoms with E-state index in [1.807, 2.05) is 0 Å². The molecule has 1 rings (SSSR count). The summed E-state index contributed by atoms with van der Waals surface area (Å²) in [7, 11) is 1.52. The number of carbonyl (C=O) groups is 2. The van der Waals surface area contributed by atoms with Gasteiger partial charge in [-0.1, -0.05) is 0 Å². The number of hydrogen-bond acceptors (Lipinski definition) is 3. The quantitative estimate of drug-likeness (QED) is 0.763. The lowest BCUT2D eigenvalue weighted by Crippen LogP contribution is -2.22. The fourth-order valence-corrected chi connectivity index (χ4v) is 2.37. The predicted molar refractivity (Wildman–Crippen MR) is 58.6 cm³/mol. The van der Waals surface area contributed by atoms with E-state index in [1.54, 1.807) is 6.07 Å². The summed E-state index contributed by atoms with van der Waals surface area (Å²) in [6, 6.07) is 0.931. The van der Waals surface area contributed by atoms with Crippen molar-refractivity contribution in [3.63, 3.8) is 0 Å². The van der Waals surface area contributed by atoms with E-state index in [2.05, 4.69) is 26.6 Å². The van der Waals surface area contributed by atoms with Crippen LogP contribution in [0.15, 0.2) is 9.85 Å². The van der Waals surface area contributed by atoms with Gasteiger partial charge in [0.1, 0.15) is 4.88 Å². The van der Waals surface area contributed by atoms with E-state index in [0.717, 1.165) is 3.79 Å². The van der Waals surface area contributed by atoms with Crippen molar-refractivity contribution in [2.75, 3.05) is 12.4 Å². The number of primary amides is 1. The molecular formula is C7H8BrN3O2S. The molecule has 0 unspecified atom stereocenters. The first kappa shape index (κ1) is 11.0. The average molecular weight is 278 g/mol. The van der Waals surface area contributed by atoms with Crippen LogP contribution in [0.5, 0.6) is 0 Å². The third-order valence-corrected chi connectivity index (χ3v) is 3.03. The molecule has 7 heteroatoms. The fraction of sp³-hybridized carbons (Fsp3) is 0.143. The first-order valence-electron chi connectivity index (χ1n) is 3.62. The van der Waals surface area contributed by atoms with Gasteiger partial charge in [0, 0.05) is 7.05 Å². The zero-order chi connectivity index (χ0) is 10.7. The number of halogens is 1. The van der Waals surface area contributed by atoms with Crippen LogP contribution in [0, 0.1) is 0 Å². The van der Waals surface area contributed by atoms with Crippen LogP contribution in [-0.2, 0) is 0 Å². The third kappa shape index (κ3) is 2.46. The predicted octanol–water partition coefficient (Wildman–Crippen LogP) is 1.36. The topological polar surface area (TPSA) is 84.2 Å². The Morgan fingerprint density at radius 3 is 2.71 bits per heavy atom. The van der Waals surface area contributed by atoms with Gasteiger partial charge in [-0.25, -0.2) is 4.79 Å². The van der Waals surface area contributed by atoms with Crippen LogP contribution in [-0.4, -0.2) is 19.0 Å². The highest BCUT2D eigenvalue weighted by molar-refractivity contribution is 9.11. The van der Waals surface area contributed by atoms with Crippen LogP contribution in [0.2, 0.25) is 0 Å². The number of nitrogens with two attached hydrogens (primary N) is 1. The number of thiophene rings is 1. The lowest BCUT2D eigenvalue weighted by molar-refractivity contribution is 0.0968. The molecule has 0 aromatic carbocycles. The average Bonchev–Trinajstić information content (AvgIpc) is 2.44. The molecule has 0 aliphatic heterocycles. The molecule has 0 spiro atoms. The molecule has 0 fully saturated rings. The molecule has 0 atom stereocenters. The third-order valence-electron chi connectivity index (χ3n) is 1.39. The lowest BCUT2D eigenvalue weighted by Gasteiger charge is -2.01. The molecule has 5 nitrogen and oxygen atoms in total. The van der Waals surface area contributed by atoms with Crippen LogP contribution in [0.25, 0.3) is 0 Å². The Balaban J connectivity index is 3.02. The van der Waals surface area contributed by atoms with E-state index in [-0.39, 0.29) is 5.91 Å². The van der Waals surface area contributed by atoms with Crippen molar-refractivity contribution in [2.24, 2.45) is 5.73 Å². The molecule has 0 aliphatic rings. The van der Waals surface area contributed by atoms with Gasteiger partial charge in [0.15, 0.2) is 0 Å². The largest absolute Gasteiger partial charge is 0.354 e. The van der Waals surface area contributed by atoms with E-state index in [0.29, 0.717) is 10.6 Å². The number of carbonyl (C=O) groups excluding carboxylic acids is 2. The highest BCUT2D eigenvalue weighted by atomic mass is 79.9. The monoisotopic (exact) mass is 277 g/mol. The smallest absolute Gasteiger partial charge is 0.316 e. The Morgan fingerprint density at radius 1 is 1.57 bits per heavy atom. The first-order chi connectivity index (χ1) is 6.54. The Labute approximate surface area is 92.8 Å². The van der Waals surface area contributed by atoms with Crippen molar-refractivity contribution in [1.82, 2.24) is 5.32 Å². The minimum absolute atomic E-state index is 0.260. The Kier molecular flexibility index (Phi) is 3.48. The zero-order valence-corrected chi connectivity index (χ0v) is 9.66.